The maximum Gasteiger partial charge on any atom is 0.170 e. The molecule has 4 heteroatoms. The summed E-state index contributed by atoms with van der Waals surface area (Å²) in [4.78, 5) is 0. The van der Waals surface area contributed by atoms with Crippen LogP contribution in [0.25, 0.3) is 0 Å². The van der Waals surface area contributed by atoms with Crippen molar-refractivity contribution in [3.8, 4) is 6.07 Å². The molecule has 4 nitrogen and oxygen atoms in total. The molecule has 1 rings (SSSR count). The molecule has 14 heavy (non-hydrogen) atoms. The van der Waals surface area contributed by atoms with E-state index in [4.69, 9.17) is 16.1 Å². The number of aliphatic hydroxyl groups excluding tert-OH is 2. The average Bonchev–Trinajstić information content (AvgIpc) is 2.27. The van der Waals surface area contributed by atoms with E-state index in [0.29, 0.717) is 12.1 Å². The second kappa shape index (κ2) is 4.72. The number of hydrogen-bond acceptors (Lipinski definition) is 4. The molecule has 0 bridgehead atoms. The van der Waals surface area contributed by atoms with E-state index < -0.39 is 12.2 Å². The van der Waals surface area contributed by atoms with Crippen LogP contribution in [0, 0.1) is 11.3 Å². The molecule has 0 aromatic heterocycles. The Kier molecular flexibility index (Phi) is 3.60. The molecule has 2 unspecified atom stereocenters. The molecule has 4 N–H and O–H groups in total. The van der Waals surface area contributed by atoms with E-state index in [1.807, 2.05) is 0 Å². The molecule has 0 aliphatic carbocycles. The lowest BCUT2D eigenvalue weighted by Gasteiger charge is -2.11. The van der Waals surface area contributed by atoms with E-state index in [9.17, 15) is 5.11 Å². The largest absolute Gasteiger partial charge is 0.385 e. The van der Waals surface area contributed by atoms with Crippen molar-refractivity contribution >= 4 is 0 Å². The summed E-state index contributed by atoms with van der Waals surface area (Å²) in [5.41, 5.74) is 6.85. The summed E-state index contributed by atoms with van der Waals surface area (Å²) >= 11 is 0. The number of nitrogens with two attached hydrogens (primary N) is 1. The van der Waals surface area contributed by atoms with Crippen molar-refractivity contribution in [3.05, 3.63) is 35.4 Å². The van der Waals surface area contributed by atoms with Crippen LogP contribution in [-0.4, -0.2) is 16.3 Å². The highest BCUT2D eigenvalue weighted by Crippen LogP contribution is 2.16. The smallest absolute Gasteiger partial charge is 0.170 e. The van der Waals surface area contributed by atoms with Crippen molar-refractivity contribution in [2.45, 2.75) is 18.8 Å². The van der Waals surface area contributed by atoms with Crippen molar-refractivity contribution in [3.63, 3.8) is 0 Å². The first-order valence-corrected chi connectivity index (χ1v) is 4.23. The first-order valence-electron chi connectivity index (χ1n) is 4.23. The fourth-order valence-corrected chi connectivity index (χ4v) is 1.10. The highest BCUT2D eigenvalue weighted by Gasteiger charge is 2.16. The maximum absolute atomic E-state index is 9.45. The molecule has 0 aliphatic rings. The number of aliphatic hydroxyl groups is 2. The second-order valence-corrected chi connectivity index (χ2v) is 2.96. The monoisotopic (exact) mass is 192 g/mol. The van der Waals surface area contributed by atoms with Gasteiger partial charge in [0.1, 0.15) is 6.10 Å². The van der Waals surface area contributed by atoms with Crippen LogP contribution in [0.4, 0.5) is 0 Å². The van der Waals surface area contributed by atoms with Gasteiger partial charge in [0.2, 0.25) is 0 Å². The summed E-state index contributed by atoms with van der Waals surface area (Å²) in [6, 6.07) is 8.37. The molecule has 74 valence electrons. The molecular formula is C10H12N2O2. The van der Waals surface area contributed by atoms with Gasteiger partial charge in [-0.15, -0.1) is 0 Å². The van der Waals surface area contributed by atoms with Crippen molar-refractivity contribution in [1.82, 2.24) is 0 Å². The predicted molar refractivity (Wildman–Crippen MR) is 50.9 cm³/mol. The molecule has 0 saturated heterocycles. The molecule has 0 radical (unpaired) electrons. The van der Waals surface area contributed by atoms with Crippen LogP contribution >= 0.6 is 0 Å². The Morgan fingerprint density at radius 3 is 2.29 bits per heavy atom. The Labute approximate surface area is 82.2 Å². The minimum absolute atomic E-state index is 0.428. The summed E-state index contributed by atoms with van der Waals surface area (Å²) in [6.45, 7) is 0.428. The summed E-state index contributed by atoms with van der Waals surface area (Å²) < 4.78 is 0. The van der Waals surface area contributed by atoms with E-state index in [0.717, 1.165) is 5.56 Å². The lowest BCUT2D eigenvalue weighted by atomic mass is 10.0. The van der Waals surface area contributed by atoms with Crippen LogP contribution in [0.1, 0.15) is 17.2 Å². The van der Waals surface area contributed by atoms with Crippen molar-refractivity contribution in [2.24, 2.45) is 5.73 Å². The first kappa shape index (κ1) is 10.7. The lowest BCUT2D eigenvalue weighted by Crippen LogP contribution is -2.15. The normalized spacial score (nSPS) is 14.4. The summed E-state index contributed by atoms with van der Waals surface area (Å²) in [5.74, 6) is 0. The van der Waals surface area contributed by atoms with Gasteiger partial charge in [-0.25, -0.2) is 0 Å². The van der Waals surface area contributed by atoms with Crippen molar-refractivity contribution in [1.29, 1.82) is 5.26 Å². The second-order valence-electron chi connectivity index (χ2n) is 2.96. The van der Waals surface area contributed by atoms with Crippen molar-refractivity contribution < 1.29 is 10.2 Å². The Bertz CT molecular complexity index is 329. The van der Waals surface area contributed by atoms with Crippen LogP contribution in [0.2, 0.25) is 0 Å². The van der Waals surface area contributed by atoms with Gasteiger partial charge in [0.05, 0.1) is 6.07 Å². The minimum atomic E-state index is -1.39. The van der Waals surface area contributed by atoms with Crippen LogP contribution in [-0.2, 0) is 6.54 Å². The standard InChI is InChI=1S/C10H12N2O2/c11-5-7-1-3-8(4-2-7)10(14)9(13)6-12/h1-4,9-10,13-14H,5,11H2. The molecule has 1 aromatic carbocycles. The molecular weight excluding hydrogens is 180 g/mol. The molecule has 0 saturated carbocycles. The van der Waals surface area contributed by atoms with Gasteiger partial charge in [0, 0.05) is 6.54 Å². The molecule has 0 spiro atoms. The zero-order valence-electron chi connectivity index (χ0n) is 7.59. The van der Waals surface area contributed by atoms with Gasteiger partial charge in [-0.05, 0) is 11.1 Å². The van der Waals surface area contributed by atoms with Crippen LogP contribution in [0.3, 0.4) is 0 Å². The highest BCUT2D eigenvalue weighted by atomic mass is 16.3. The fraction of sp³-hybridized carbons (Fsp3) is 0.300. The third-order valence-electron chi connectivity index (χ3n) is 1.99. The fourth-order valence-electron chi connectivity index (χ4n) is 1.10. The molecule has 2 atom stereocenters. The van der Waals surface area contributed by atoms with E-state index >= 15 is 0 Å². The molecule has 0 heterocycles. The van der Waals surface area contributed by atoms with Gasteiger partial charge in [-0.3, -0.25) is 0 Å². The summed E-state index contributed by atoms with van der Waals surface area (Å²) in [7, 11) is 0. The number of hydrogen-bond donors (Lipinski definition) is 3. The third-order valence-corrected chi connectivity index (χ3v) is 1.99. The van der Waals surface area contributed by atoms with Crippen molar-refractivity contribution in [2.75, 3.05) is 0 Å². The minimum Gasteiger partial charge on any atom is -0.385 e. The Balaban J connectivity index is 2.82. The molecule has 0 aliphatic heterocycles. The Hall–Kier alpha value is -1.41. The molecule has 0 amide bonds. The quantitative estimate of drug-likeness (QED) is 0.591. The first-order chi connectivity index (χ1) is 6.69. The van der Waals surface area contributed by atoms with Crippen LogP contribution < -0.4 is 5.73 Å². The number of nitrogens with zero attached hydrogens (tertiary/aromatic N) is 1. The van der Waals surface area contributed by atoms with Crippen LogP contribution in [0.15, 0.2) is 24.3 Å². The van der Waals surface area contributed by atoms with E-state index in [-0.39, 0.29) is 0 Å². The summed E-state index contributed by atoms with van der Waals surface area (Å²) in [5, 5.41) is 26.9. The zero-order valence-corrected chi connectivity index (χ0v) is 7.59. The predicted octanol–water partition coefficient (Wildman–Crippen LogP) is 0.0632. The van der Waals surface area contributed by atoms with E-state index in [2.05, 4.69) is 0 Å². The van der Waals surface area contributed by atoms with Gasteiger partial charge in [-0.1, -0.05) is 24.3 Å². The average molecular weight is 192 g/mol. The Morgan fingerprint density at radius 2 is 1.86 bits per heavy atom. The topological polar surface area (TPSA) is 90.3 Å². The van der Waals surface area contributed by atoms with Gasteiger partial charge < -0.3 is 15.9 Å². The lowest BCUT2D eigenvalue weighted by molar-refractivity contribution is 0.0528. The maximum atomic E-state index is 9.45. The van der Waals surface area contributed by atoms with Gasteiger partial charge >= 0.3 is 0 Å². The Morgan fingerprint density at radius 1 is 1.29 bits per heavy atom. The number of benzene rings is 1. The number of rotatable bonds is 3. The van der Waals surface area contributed by atoms with E-state index in [1.165, 1.54) is 0 Å². The van der Waals surface area contributed by atoms with E-state index in [1.54, 1.807) is 30.3 Å². The van der Waals surface area contributed by atoms with Gasteiger partial charge in [0.25, 0.3) is 0 Å². The van der Waals surface area contributed by atoms with Crippen LogP contribution in [0.5, 0.6) is 0 Å². The molecule has 0 fully saturated rings. The highest BCUT2D eigenvalue weighted by molar-refractivity contribution is 5.25. The van der Waals surface area contributed by atoms with Gasteiger partial charge in [-0.2, -0.15) is 5.26 Å². The third kappa shape index (κ3) is 2.30. The zero-order chi connectivity index (χ0) is 10.6. The SMILES string of the molecule is N#CC(O)C(O)c1ccc(CN)cc1. The molecule has 1 aromatic rings. The number of nitriles is 1. The van der Waals surface area contributed by atoms with Gasteiger partial charge in [0.15, 0.2) is 6.10 Å². The summed E-state index contributed by atoms with van der Waals surface area (Å²) in [6.07, 6.45) is -2.55.